The molecular formula is C16H18N4S. The average molecular weight is 298 g/mol. The average Bonchev–Trinajstić information content (AvgIpc) is 3.11. The van der Waals surface area contributed by atoms with E-state index in [1.807, 2.05) is 16.9 Å². The van der Waals surface area contributed by atoms with Crippen molar-refractivity contribution in [3.05, 3.63) is 41.7 Å². The van der Waals surface area contributed by atoms with Gasteiger partial charge in [0.25, 0.3) is 0 Å². The highest BCUT2D eigenvalue weighted by molar-refractivity contribution is 7.20. The number of nitrogens with zero attached hydrogens (tertiary/aromatic N) is 3. The van der Waals surface area contributed by atoms with Crippen molar-refractivity contribution in [3.63, 3.8) is 0 Å². The Morgan fingerprint density at radius 2 is 2.24 bits per heavy atom. The molecule has 1 aromatic carbocycles. The summed E-state index contributed by atoms with van der Waals surface area (Å²) >= 11 is 1.71. The van der Waals surface area contributed by atoms with Crippen molar-refractivity contribution in [2.24, 2.45) is 5.73 Å². The number of para-hydroxylation sites is 1. The monoisotopic (exact) mass is 298 g/mol. The summed E-state index contributed by atoms with van der Waals surface area (Å²) in [6.45, 7) is 0.746. The Kier molecular flexibility index (Phi) is 3.24. The van der Waals surface area contributed by atoms with Crippen molar-refractivity contribution < 1.29 is 0 Å². The van der Waals surface area contributed by atoms with Crippen LogP contribution in [0, 0.1) is 0 Å². The number of nitrogens with two attached hydrogens (primary N) is 1. The number of benzene rings is 1. The molecule has 0 bridgehead atoms. The maximum absolute atomic E-state index is 5.75. The fourth-order valence-electron chi connectivity index (χ4n) is 3.27. The summed E-state index contributed by atoms with van der Waals surface area (Å²) in [6.07, 6.45) is 6.62. The van der Waals surface area contributed by atoms with Gasteiger partial charge in [-0.2, -0.15) is 5.10 Å². The summed E-state index contributed by atoms with van der Waals surface area (Å²) in [5.74, 6) is 0.571. The van der Waals surface area contributed by atoms with Gasteiger partial charge in [-0.3, -0.25) is 0 Å². The lowest BCUT2D eigenvalue weighted by molar-refractivity contribution is 0.518. The molecule has 0 saturated carbocycles. The van der Waals surface area contributed by atoms with Crippen LogP contribution in [0.4, 0.5) is 0 Å². The van der Waals surface area contributed by atoms with Crippen LogP contribution in [0.2, 0.25) is 0 Å². The van der Waals surface area contributed by atoms with Crippen LogP contribution in [0.5, 0.6) is 0 Å². The summed E-state index contributed by atoms with van der Waals surface area (Å²) in [6, 6.07) is 8.26. The second-order valence-corrected chi connectivity index (χ2v) is 6.60. The summed E-state index contributed by atoms with van der Waals surface area (Å²) in [4.78, 5) is 4.73. The molecule has 1 atom stereocenters. The molecule has 0 radical (unpaired) electrons. The van der Waals surface area contributed by atoms with Crippen molar-refractivity contribution in [3.8, 4) is 5.13 Å². The standard InChI is InChI=1S/C16H18N4S/c17-9-8-11-4-3-6-14-12(11)10-18-20(14)16-19-13-5-1-2-7-15(13)21-16/h1-2,5,7,10-11H,3-4,6,8-9,17H2. The van der Waals surface area contributed by atoms with E-state index in [0.717, 1.165) is 30.0 Å². The van der Waals surface area contributed by atoms with Crippen LogP contribution in [0.15, 0.2) is 30.5 Å². The molecule has 1 aliphatic rings. The molecule has 0 saturated heterocycles. The summed E-state index contributed by atoms with van der Waals surface area (Å²) < 4.78 is 3.26. The van der Waals surface area contributed by atoms with Gasteiger partial charge in [0.2, 0.25) is 5.13 Å². The minimum atomic E-state index is 0.571. The van der Waals surface area contributed by atoms with Gasteiger partial charge in [0.15, 0.2) is 0 Å². The predicted molar refractivity (Wildman–Crippen MR) is 86.1 cm³/mol. The molecule has 5 heteroatoms. The Hall–Kier alpha value is -1.72. The molecule has 4 rings (SSSR count). The minimum absolute atomic E-state index is 0.571. The second kappa shape index (κ2) is 5.24. The largest absolute Gasteiger partial charge is 0.330 e. The van der Waals surface area contributed by atoms with Crippen molar-refractivity contribution in [2.45, 2.75) is 31.6 Å². The van der Waals surface area contributed by atoms with E-state index in [-0.39, 0.29) is 0 Å². The molecule has 21 heavy (non-hydrogen) atoms. The Labute approximate surface area is 127 Å². The zero-order valence-electron chi connectivity index (χ0n) is 11.8. The van der Waals surface area contributed by atoms with E-state index in [2.05, 4.69) is 23.3 Å². The van der Waals surface area contributed by atoms with Crippen LogP contribution >= 0.6 is 11.3 Å². The molecule has 2 N–H and O–H groups in total. The molecule has 0 amide bonds. The molecule has 1 aliphatic carbocycles. The molecule has 2 aromatic heterocycles. The van der Waals surface area contributed by atoms with Gasteiger partial charge in [-0.25, -0.2) is 9.67 Å². The van der Waals surface area contributed by atoms with Gasteiger partial charge in [0, 0.05) is 0 Å². The van der Waals surface area contributed by atoms with Gasteiger partial charge in [-0.05, 0) is 55.8 Å². The third-order valence-electron chi connectivity index (χ3n) is 4.29. The Morgan fingerprint density at radius 3 is 3.10 bits per heavy atom. The number of aromatic nitrogens is 3. The third-order valence-corrected chi connectivity index (χ3v) is 5.30. The van der Waals surface area contributed by atoms with E-state index < -0.39 is 0 Å². The van der Waals surface area contributed by atoms with Gasteiger partial charge in [0.1, 0.15) is 0 Å². The quantitative estimate of drug-likeness (QED) is 0.807. The van der Waals surface area contributed by atoms with E-state index >= 15 is 0 Å². The Balaban J connectivity index is 1.79. The molecule has 0 fully saturated rings. The van der Waals surface area contributed by atoms with Gasteiger partial charge < -0.3 is 5.73 Å². The van der Waals surface area contributed by atoms with Crippen LogP contribution in [0.3, 0.4) is 0 Å². The van der Waals surface area contributed by atoms with Crippen molar-refractivity contribution >= 4 is 21.6 Å². The number of fused-ring (bicyclic) bond motifs is 2. The highest BCUT2D eigenvalue weighted by Crippen LogP contribution is 2.35. The van der Waals surface area contributed by atoms with E-state index in [1.54, 1.807) is 11.3 Å². The summed E-state index contributed by atoms with van der Waals surface area (Å²) in [7, 11) is 0. The number of hydrogen-bond donors (Lipinski definition) is 1. The zero-order chi connectivity index (χ0) is 14.2. The fourth-order valence-corrected chi connectivity index (χ4v) is 4.21. The first kappa shape index (κ1) is 13.0. The summed E-state index contributed by atoms with van der Waals surface area (Å²) in [5, 5.41) is 5.60. The van der Waals surface area contributed by atoms with E-state index in [0.29, 0.717) is 5.92 Å². The Morgan fingerprint density at radius 1 is 1.33 bits per heavy atom. The van der Waals surface area contributed by atoms with Crippen molar-refractivity contribution in [2.75, 3.05) is 6.54 Å². The number of rotatable bonds is 3. The maximum atomic E-state index is 5.75. The van der Waals surface area contributed by atoms with E-state index in [4.69, 9.17) is 10.7 Å². The van der Waals surface area contributed by atoms with Crippen LogP contribution in [-0.4, -0.2) is 21.3 Å². The molecular weight excluding hydrogens is 280 g/mol. The van der Waals surface area contributed by atoms with Crippen LogP contribution < -0.4 is 5.73 Å². The first-order valence-corrected chi connectivity index (χ1v) is 8.31. The van der Waals surface area contributed by atoms with Gasteiger partial charge in [0.05, 0.1) is 22.1 Å². The van der Waals surface area contributed by atoms with Crippen LogP contribution in [0.1, 0.15) is 36.4 Å². The van der Waals surface area contributed by atoms with Gasteiger partial charge >= 0.3 is 0 Å². The highest BCUT2D eigenvalue weighted by atomic mass is 32.1. The van der Waals surface area contributed by atoms with Crippen molar-refractivity contribution in [1.82, 2.24) is 14.8 Å². The lowest BCUT2D eigenvalue weighted by atomic mass is 9.85. The molecule has 3 aromatic rings. The SMILES string of the molecule is NCCC1CCCc2c1cnn2-c1nc2ccccc2s1. The van der Waals surface area contributed by atoms with E-state index in [1.165, 1.54) is 28.8 Å². The lowest BCUT2D eigenvalue weighted by Gasteiger charge is -2.22. The van der Waals surface area contributed by atoms with Gasteiger partial charge in [-0.1, -0.05) is 23.5 Å². The molecule has 0 spiro atoms. The predicted octanol–water partition coefficient (Wildman–Crippen LogP) is 3.25. The third kappa shape index (κ3) is 2.17. The smallest absolute Gasteiger partial charge is 0.211 e. The molecule has 0 aliphatic heterocycles. The first-order chi connectivity index (χ1) is 10.4. The molecule has 1 unspecified atom stereocenters. The topological polar surface area (TPSA) is 56.7 Å². The number of hydrogen-bond acceptors (Lipinski definition) is 4. The van der Waals surface area contributed by atoms with Crippen LogP contribution in [-0.2, 0) is 6.42 Å². The minimum Gasteiger partial charge on any atom is -0.330 e. The van der Waals surface area contributed by atoms with Crippen molar-refractivity contribution in [1.29, 1.82) is 0 Å². The highest BCUT2D eigenvalue weighted by Gasteiger charge is 2.25. The second-order valence-electron chi connectivity index (χ2n) is 5.59. The Bertz CT molecular complexity index is 741. The zero-order valence-corrected chi connectivity index (χ0v) is 12.6. The first-order valence-electron chi connectivity index (χ1n) is 7.49. The summed E-state index contributed by atoms with van der Waals surface area (Å²) in [5.41, 5.74) is 9.51. The number of thiazole rings is 1. The molecule has 4 nitrogen and oxygen atoms in total. The normalized spacial score (nSPS) is 18.0. The van der Waals surface area contributed by atoms with E-state index in [9.17, 15) is 0 Å². The molecule has 2 heterocycles. The fraction of sp³-hybridized carbons (Fsp3) is 0.375. The van der Waals surface area contributed by atoms with Crippen LogP contribution in [0.25, 0.3) is 15.3 Å². The lowest BCUT2D eigenvalue weighted by Crippen LogP contribution is -2.14. The molecule has 108 valence electrons. The van der Waals surface area contributed by atoms with Gasteiger partial charge in [-0.15, -0.1) is 0 Å². The maximum Gasteiger partial charge on any atom is 0.211 e.